The van der Waals surface area contributed by atoms with E-state index in [0.29, 0.717) is 26.4 Å². The van der Waals surface area contributed by atoms with Crippen LogP contribution in [0.15, 0.2) is 69.6 Å². The average molecular weight is 519 g/mol. The van der Waals surface area contributed by atoms with E-state index < -0.39 is 12.0 Å². The molecule has 6 nitrogen and oxygen atoms in total. The lowest BCUT2D eigenvalue weighted by atomic mass is 9.87. The Morgan fingerprint density at radius 3 is 2.43 bits per heavy atom. The molecule has 37 heavy (non-hydrogen) atoms. The minimum atomic E-state index is -0.712. The van der Waals surface area contributed by atoms with Gasteiger partial charge in [0.15, 0.2) is 4.80 Å². The number of nitrogens with zero attached hydrogens (tertiary/aromatic N) is 2. The lowest BCUT2D eigenvalue weighted by Crippen LogP contribution is -2.40. The molecule has 3 aromatic rings. The van der Waals surface area contributed by atoms with Crippen molar-refractivity contribution < 1.29 is 14.3 Å². The van der Waals surface area contributed by atoms with Crippen LogP contribution in [0.1, 0.15) is 71.2 Å². The van der Waals surface area contributed by atoms with Crippen molar-refractivity contribution in [3.8, 4) is 5.75 Å². The van der Waals surface area contributed by atoms with Crippen molar-refractivity contribution in [3.63, 3.8) is 0 Å². The van der Waals surface area contributed by atoms with Gasteiger partial charge in [-0.2, -0.15) is 0 Å². The second kappa shape index (κ2) is 10.5. The quantitative estimate of drug-likeness (QED) is 0.436. The SMILES string of the molecule is CCOC(=O)C1=C(C)N=c2s/c(=C/c3ccc(C(C)(C)C)cc3)c(=O)n2[C@H]1c1ccccc1OC(C)C. The smallest absolute Gasteiger partial charge is 0.338 e. The molecule has 1 aliphatic heterocycles. The summed E-state index contributed by atoms with van der Waals surface area (Å²) < 4.78 is 13.6. The van der Waals surface area contributed by atoms with Gasteiger partial charge in [-0.25, -0.2) is 9.79 Å². The van der Waals surface area contributed by atoms with Crippen LogP contribution in [0.2, 0.25) is 0 Å². The van der Waals surface area contributed by atoms with E-state index in [1.54, 1.807) is 18.4 Å². The number of aromatic nitrogens is 1. The number of benzene rings is 2. The van der Waals surface area contributed by atoms with E-state index in [2.05, 4.69) is 37.9 Å². The van der Waals surface area contributed by atoms with Gasteiger partial charge in [-0.3, -0.25) is 9.36 Å². The van der Waals surface area contributed by atoms with Gasteiger partial charge in [-0.15, -0.1) is 0 Å². The Balaban J connectivity index is 1.92. The number of hydrogen-bond acceptors (Lipinski definition) is 6. The molecule has 1 aromatic heterocycles. The van der Waals surface area contributed by atoms with Crippen LogP contribution in [0.5, 0.6) is 5.75 Å². The largest absolute Gasteiger partial charge is 0.491 e. The zero-order chi connectivity index (χ0) is 26.9. The number of hydrogen-bond donors (Lipinski definition) is 0. The summed E-state index contributed by atoms with van der Waals surface area (Å²) in [5.41, 5.74) is 3.59. The second-order valence-corrected chi connectivity index (χ2v) is 11.4. The molecule has 0 fully saturated rings. The van der Waals surface area contributed by atoms with E-state index in [9.17, 15) is 9.59 Å². The predicted molar refractivity (Wildman–Crippen MR) is 148 cm³/mol. The topological polar surface area (TPSA) is 69.9 Å². The molecule has 2 heterocycles. The predicted octanol–water partition coefficient (Wildman–Crippen LogP) is 4.88. The van der Waals surface area contributed by atoms with Crippen LogP contribution in [-0.4, -0.2) is 23.2 Å². The van der Waals surface area contributed by atoms with E-state index in [1.165, 1.54) is 16.9 Å². The summed E-state index contributed by atoms with van der Waals surface area (Å²) in [5, 5.41) is 0. The summed E-state index contributed by atoms with van der Waals surface area (Å²) in [6.45, 7) is 14.2. The standard InChI is InChI=1S/C30H34N2O4S/c1-8-35-28(34)25-19(4)31-29-32(26(25)22-11-9-10-12-23(22)36-18(2)3)27(33)24(37-29)17-20-13-15-21(16-14-20)30(5,6)7/h9-18,26H,8H2,1-7H3/b24-17+/t26-/m0/s1. The average Bonchev–Trinajstić information content (AvgIpc) is 3.12. The van der Waals surface area contributed by atoms with Gasteiger partial charge in [0.05, 0.1) is 28.5 Å². The molecule has 0 saturated carbocycles. The summed E-state index contributed by atoms with van der Waals surface area (Å²) in [6.07, 6.45) is 1.80. The number of esters is 1. The highest BCUT2D eigenvalue weighted by molar-refractivity contribution is 7.07. The summed E-state index contributed by atoms with van der Waals surface area (Å²) in [6, 6.07) is 15.0. The van der Waals surface area contributed by atoms with E-state index in [1.807, 2.05) is 56.3 Å². The maximum absolute atomic E-state index is 13.9. The molecule has 0 saturated heterocycles. The van der Waals surface area contributed by atoms with Gasteiger partial charge in [-0.1, -0.05) is 74.6 Å². The zero-order valence-corrected chi connectivity index (χ0v) is 23.3. The number of allylic oxidation sites excluding steroid dienone is 1. The van der Waals surface area contributed by atoms with Crippen LogP contribution in [0.4, 0.5) is 0 Å². The van der Waals surface area contributed by atoms with Crippen LogP contribution in [0, 0.1) is 0 Å². The summed E-state index contributed by atoms with van der Waals surface area (Å²) in [5.74, 6) is 0.131. The Labute approximate surface area is 221 Å². The zero-order valence-electron chi connectivity index (χ0n) is 22.5. The van der Waals surface area contributed by atoms with Crippen LogP contribution in [-0.2, 0) is 14.9 Å². The molecule has 0 N–H and O–H groups in total. The van der Waals surface area contributed by atoms with Gasteiger partial charge in [0.2, 0.25) is 0 Å². The molecule has 0 aliphatic carbocycles. The maximum Gasteiger partial charge on any atom is 0.338 e. The van der Waals surface area contributed by atoms with Gasteiger partial charge >= 0.3 is 5.97 Å². The molecule has 7 heteroatoms. The summed E-state index contributed by atoms with van der Waals surface area (Å²) >= 11 is 1.32. The van der Waals surface area contributed by atoms with Crippen molar-refractivity contribution in [1.29, 1.82) is 0 Å². The Morgan fingerprint density at radius 1 is 1.14 bits per heavy atom. The first kappa shape index (κ1) is 26.6. The number of carbonyl (C=O) groups is 1. The third kappa shape index (κ3) is 5.47. The third-order valence-electron chi connectivity index (χ3n) is 6.17. The van der Waals surface area contributed by atoms with Crippen molar-refractivity contribution >= 4 is 23.4 Å². The van der Waals surface area contributed by atoms with Crippen molar-refractivity contribution in [2.75, 3.05) is 6.61 Å². The number of para-hydroxylation sites is 1. The van der Waals surface area contributed by atoms with E-state index in [-0.39, 0.29) is 23.7 Å². The first-order chi connectivity index (χ1) is 17.5. The van der Waals surface area contributed by atoms with Gasteiger partial charge in [0.25, 0.3) is 5.56 Å². The summed E-state index contributed by atoms with van der Waals surface area (Å²) in [7, 11) is 0. The molecule has 0 unspecified atom stereocenters. The molecule has 194 valence electrons. The molecule has 1 aliphatic rings. The van der Waals surface area contributed by atoms with Crippen molar-refractivity contribution in [3.05, 3.63) is 96.2 Å². The van der Waals surface area contributed by atoms with Crippen LogP contribution >= 0.6 is 11.3 Å². The number of ether oxygens (including phenoxy) is 2. The molecule has 0 spiro atoms. The Morgan fingerprint density at radius 2 is 1.81 bits per heavy atom. The first-order valence-corrected chi connectivity index (χ1v) is 13.4. The normalized spacial score (nSPS) is 16.0. The molecule has 1 atom stereocenters. The van der Waals surface area contributed by atoms with Gasteiger partial charge in [0.1, 0.15) is 11.8 Å². The lowest BCUT2D eigenvalue weighted by Gasteiger charge is -2.26. The van der Waals surface area contributed by atoms with Crippen LogP contribution < -0.4 is 19.6 Å². The van der Waals surface area contributed by atoms with Gasteiger partial charge in [0, 0.05) is 5.56 Å². The molecule has 0 bridgehead atoms. The fourth-order valence-electron chi connectivity index (χ4n) is 4.38. The Hall–Kier alpha value is -3.45. The highest BCUT2D eigenvalue weighted by atomic mass is 32.1. The minimum Gasteiger partial charge on any atom is -0.491 e. The Kier molecular flexibility index (Phi) is 7.55. The molecular formula is C30H34N2O4S. The number of carbonyl (C=O) groups excluding carboxylic acids is 1. The van der Waals surface area contributed by atoms with Crippen molar-refractivity contribution in [1.82, 2.24) is 4.57 Å². The molecule has 0 amide bonds. The second-order valence-electron chi connectivity index (χ2n) is 10.4. The minimum absolute atomic E-state index is 0.0460. The van der Waals surface area contributed by atoms with Gasteiger partial charge in [-0.05, 0) is 56.4 Å². The lowest BCUT2D eigenvalue weighted by molar-refractivity contribution is -0.139. The number of rotatable bonds is 6. The van der Waals surface area contributed by atoms with E-state index in [0.717, 1.165) is 11.1 Å². The van der Waals surface area contributed by atoms with Gasteiger partial charge < -0.3 is 9.47 Å². The van der Waals surface area contributed by atoms with Crippen LogP contribution in [0.25, 0.3) is 6.08 Å². The van der Waals surface area contributed by atoms with E-state index in [4.69, 9.17) is 9.47 Å². The third-order valence-corrected chi connectivity index (χ3v) is 7.15. The number of fused-ring (bicyclic) bond motifs is 1. The molecular weight excluding hydrogens is 484 g/mol. The molecule has 4 rings (SSSR count). The summed E-state index contributed by atoms with van der Waals surface area (Å²) in [4.78, 5) is 32.2. The van der Waals surface area contributed by atoms with E-state index >= 15 is 0 Å². The fourth-order valence-corrected chi connectivity index (χ4v) is 5.43. The maximum atomic E-state index is 13.9. The van der Waals surface area contributed by atoms with Crippen molar-refractivity contribution in [2.24, 2.45) is 4.99 Å². The molecule has 2 aromatic carbocycles. The fraction of sp³-hybridized carbons (Fsp3) is 0.367. The van der Waals surface area contributed by atoms with Crippen molar-refractivity contribution in [2.45, 2.75) is 66.0 Å². The van der Waals surface area contributed by atoms with Crippen LogP contribution in [0.3, 0.4) is 0 Å². The first-order valence-electron chi connectivity index (χ1n) is 12.6. The Bertz CT molecular complexity index is 1520. The monoisotopic (exact) mass is 518 g/mol. The molecule has 0 radical (unpaired) electrons. The highest BCUT2D eigenvalue weighted by Crippen LogP contribution is 2.36. The highest BCUT2D eigenvalue weighted by Gasteiger charge is 2.35. The number of thiazole rings is 1.